The molecule has 20 heavy (non-hydrogen) atoms. The third-order valence-corrected chi connectivity index (χ3v) is 4.70. The van der Waals surface area contributed by atoms with Crippen LogP contribution in [-0.4, -0.2) is 13.1 Å². The van der Waals surface area contributed by atoms with Gasteiger partial charge in [-0.2, -0.15) is 0 Å². The fourth-order valence-corrected chi connectivity index (χ4v) is 3.67. The van der Waals surface area contributed by atoms with E-state index in [1.54, 1.807) is 0 Å². The lowest BCUT2D eigenvalue weighted by atomic mass is 9.94. The molecular formula is C15H17NO3S. The summed E-state index contributed by atoms with van der Waals surface area (Å²) in [5, 5.41) is 5.68. The summed E-state index contributed by atoms with van der Waals surface area (Å²) in [6.45, 7) is 0.612. The highest BCUT2D eigenvalue weighted by Gasteiger charge is 2.22. The van der Waals surface area contributed by atoms with Crippen molar-refractivity contribution in [3.05, 3.63) is 45.5 Å². The quantitative estimate of drug-likeness (QED) is 0.878. The molecule has 1 unspecified atom stereocenters. The molecule has 0 fully saturated rings. The predicted octanol–water partition coefficient (Wildman–Crippen LogP) is 3.29. The third kappa shape index (κ3) is 2.51. The highest BCUT2D eigenvalue weighted by molar-refractivity contribution is 7.10. The molecule has 1 aliphatic carbocycles. The molecule has 1 atom stereocenters. The number of hydrogen-bond acceptors (Lipinski definition) is 5. The Bertz CT molecular complexity index is 602. The Morgan fingerprint density at radius 2 is 2.45 bits per heavy atom. The topological polar surface area (TPSA) is 51.5 Å². The summed E-state index contributed by atoms with van der Waals surface area (Å²) in [7, 11) is 1.36. The molecule has 0 aliphatic heterocycles. The largest absolute Gasteiger partial charge is 0.463 e. The molecular weight excluding hydrogens is 274 g/mol. The minimum Gasteiger partial charge on any atom is -0.463 e. The molecule has 1 N–H and O–H groups in total. The lowest BCUT2D eigenvalue weighted by molar-refractivity contribution is 0.0563. The van der Waals surface area contributed by atoms with E-state index in [4.69, 9.17) is 9.15 Å². The van der Waals surface area contributed by atoms with Crippen LogP contribution in [0.1, 0.15) is 45.4 Å². The van der Waals surface area contributed by atoms with E-state index in [1.807, 2.05) is 17.4 Å². The minimum atomic E-state index is -0.424. The van der Waals surface area contributed by atoms with Crippen molar-refractivity contribution in [3.8, 4) is 0 Å². The van der Waals surface area contributed by atoms with E-state index in [9.17, 15) is 4.79 Å². The smallest absolute Gasteiger partial charge is 0.374 e. The first-order valence-corrected chi connectivity index (χ1v) is 7.62. The van der Waals surface area contributed by atoms with Crippen LogP contribution in [0.5, 0.6) is 0 Å². The van der Waals surface area contributed by atoms with Gasteiger partial charge in [0.2, 0.25) is 5.76 Å². The summed E-state index contributed by atoms with van der Waals surface area (Å²) >= 11 is 1.83. The molecule has 0 spiro atoms. The highest BCUT2D eigenvalue weighted by Crippen LogP contribution is 2.33. The van der Waals surface area contributed by atoms with Crippen LogP contribution >= 0.6 is 11.3 Å². The molecule has 0 radical (unpaired) electrons. The Morgan fingerprint density at radius 1 is 1.55 bits per heavy atom. The number of hydrogen-bond donors (Lipinski definition) is 1. The zero-order valence-electron chi connectivity index (χ0n) is 11.3. The number of nitrogens with one attached hydrogen (secondary N) is 1. The lowest BCUT2D eigenvalue weighted by Gasteiger charge is -2.23. The van der Waals surface area contributed by atoms with Crippen LogP contribution in [0.15, 0.2) is 28.2 Å². The maximum atomic E-state index is 11.6. The van der Waals surface area contributed by atoms with Gasteiger partial charge in [0.25, 0.3) is 0 Å². The number of furan rings is 1. The van der Waals surface area contributed by atoms with Crippen LogP contribution in [-0.2, 0) is 17.7 Å². The number of aryl methyl sites for hydroxylation is 1. The van der Waals surface area contributed by atoms with Gasteiger partial charge in [0.05, 0.1) is 13.4 Å². The summed E-state index contributed by atoms with van der Waals surface area (Å²) in [6, 6.07) is 4.38. The van der Waals surface area contributed by atoms with Gasteiger partial charge >= 0.3 is 5.97 Å². The fourth-order valence-electron chi connectivity index (χ4n) is 2.68. The van der Waals surface area contributed by atoms with Gasteiger partial charge in [-0.1, -0.05) is 0 Å². The number of carbonyl (C=O) groups excluding carboxylic acids is 1. The molecule has 5 heteroatoms. The van der Waals surface area contributed by atoms with Gasteiger partial charge < -0.3 is 14.5 Å². The molecule has 0 saturated carbocycles. The molecule has 0 amide bonds. The normalized spacial score (nSPS) is 17.8. The average molecular weight is 291 g/mol. The van der Waals surface area contributed by atoms with Crippen molar-refractivity contribution in [1.82, 2.24) is 5.32 Å². The van der Waals surface area contributed by atoms with Gasteiger partial charge in [-0.05, 0) is 42.3 Å². The summed E-state index contributed by atoms with van der Waals surface area (Å²) in [5.74, 6) is -0.131. The number of carbonyl (C=O) groups is 1. The van der Waals surface area contributed by atoms with Crippen molar-refractivity contribution in [3.63, 3.8) is 0 Å². The Hall–Kier alpha value is -1.59. The maximum Gasteiger partial charge on any atom is 0.374 e. The van der Waals surface area contributed by atoms with E-state index in [1.165, 1.54) is 36.7 Å². The van der Waals surface area contributed by atoms with Gasteiger partial charge in [0.1, 0.15) is 0 Å². The molecule has 2 aromatic rings. The lowest BCUT2D eigenvalue weighted by Crippen LogP contribution is -2.24. The Morgan fingerprint density at radius 3 is 3.30 bits per heavy atom. The zero-order valence-corrected chi connectivity index (χ0v) is 12.2. The van der Waals surface area contributed by atoms with Crippen LogP contribution in [0.3, 0.4) is 0 Å². The van der Waals surface area contributed by atoms with Crippen LogP contribution in [0, 0.1) is 0 Å². The van der Waals surface area contributed by atoms with Crippen molar-refractivity contribution in [1.29, 1.82) is 0 Å². The van der Waals surface area contributed by atoms with Crippen molar-refractivity contribution >= 4 is 17.3 Å². The Kier molecular flexibility index (Phi) is 3.89. The summed E-state index contributed by atoms with van der Waals surface area (Å²) in [5.41, 5.74) is 2.25. The molecule has 0 bridgehead atoms. The molecule has 3 rings (SSSR count). The minimum absolute atomic E-state index is 0.293. The number of rotatable bonds is 4. The molecule has 4 nitrogen and oxygen atoms in total. The van der Waals surface area contributed by atoms with Crippen molar-refractivity contribution in [2.75, 3.05) is 7.11 Å². The molecule has 0 saturated heterocycles. The number of esters is 1. The van der Waals surface area contributed by atoms with E-state index >= 15 is 0 Å². The van der Waals surface area contributed by atoms with Gasteiger partial charge in [0, 0.05) is 23.0 Å². The van der Waals surface area contributed by atoms with E-state index in [-0.39, 0.29) is 0 Å². The van der Waals surface area contributed by atoms with Gasteiger partial charge in [-0.15, -0.1) is 11.3 Å². The van der Waals surface area contributed by atoms with Gasteiger partial charge in [-0.25, -0.2) is 4.79 Å². The summed E-state index contributed by atoms with van der Waals surface area (Å²) < 4.78 is 9.91. The number of thiophene rings is 1. The summed E-state index contributed by atoms with van der Waals surface area (Å²) in [6.07, 6.45) is 5.06. The summed E-state index contributed by atoms with van der Waals surface area (Å²) in [4.78, 5) is 13.0. The first kappa shape index (κ1) is 13.4. The van der Waals surface area contributed by atoms with Crippen molar-refractivity contribution in [2.24, 2.45) is 0 Å². The fraction of sp³-hybridized carbons (Fsp3) is 0.400. The zero-order chi connectivity index (χ0) is 13.9. The van der Waals surface area contributed by atoms with Crippen molar-refractivity contribution in [2.45, 2.75) is 31.8 Å². The second kappa shape index (κ2) is 5.81. The van der Waals surface area contributed by atoms with Gasteiger partial charge in [0.15, 0.2) is 0 Å². The second-order valence-corrected chi connectivity index (χ2v) is 5.89. The standard InChI is InChI=1S/C15H17NO3S/c1-18-15(17)14-10(5-7-19-14)9-16-12-3-2-4-13-11(12)6-8-20-13/h5-8,12,16H,2-4,9H2,1H3. The second-order valence-electron chi connectivity index (χ2n) is 4.89. The monoisotopic (exact) mass is 291 g/mol. The molecule has 106 valence electrons. The van der Waals surface area contributed by atoms with E-state index in [0.717, 1.165) is 12.0 Å². The highest BCUT2D eigenvalue weighted by atomic mass is 32.1. The van der Waals surface area contributed by atoms with E-state index in [0.29, 0.717) is 18.3 Å². The molecule has 2 aromatic heterocycles. The van der Waals surface area contributed by atoms with Crippen LogP contribution < -0.4 is 5.32 Å². The Labute approximate surface area is 121 Å². The van der Waals surface area contributed by atoms with E-state index < -0.39 is 5.97 Å². The average Bonchev–Trinajstić information content (AvgIpc) is 3.12. The SMILES string of the molecule is COC(=O)c1occc1CNC1CCCc2sccc21. The maximum absolute atomic E-state index is 11.6. The third-order valence-electron chi connectivity index (χ3n) is 3.71. The molecule has 2 heterocycles. The van der Waals surface area contributed by atoms with Crippen LogP contribution in [0.25, 0.3) is 0 Å². The number of methoxy groups -OCH3 is 1. The van der Waals surface area contributed by atoms with Crippen LogP contribution in [0.2, 0.25) is 0 Å². The first-order chi connectivity index (χ1) is 9.79. The molecule has 0 aromatic carbocycles. The molecule has 1 aliphatic rings. The van der Waals surface area contributed by atoms with E-state index in [2.05, 4.69) is 16.8 Å². The number of ether oxygens (including phenoxy) is 1. The number of fused-ring (bicyclic) bond motifs is 1. The van der Waals surface area contributed by atoms with Crippen molar-refractivity contribution < 1.29 is 13.9 Å². The first-order valence-electron chi connectivity index (χ1n) is 6.74. The predicted molar refractivity (Wildman–Crippen MR) is 76.9 cm³/mol. The van der Waals surface area contributed by atoms with Crippen LogP contribution in [0.4, 0.5) is 0 Å². The Balaban J connectivity index is 1.70. The van der Waals surface area contributed by atoms with Gasteiger partial charge in [-0.3, -0.25) is 0 Å².